The van der Waals surface area contributed by atoms with Crippen molar-refractivity contribution >= 4 is 31.1 Å². The summed E-state index contributed by atoms with van der Waals surface area (Å²) in [5.41, 5.74) is 0. The van der Waals surface area contributed by atoms with Crippen molar-refractivity contribution in [2.75, 3.05) is 0 Å². The fraction of sp³-hybridized carbons (Fsp3) is 0.875. The van der Waals surface area contributed by atoms with Crippen LogP contribution in [-0.2, 0) is 15.7 Å². The van der Waals surface area contributed by atoms with Crippen LogP contribution in [0.4, 0.5) is 0 Å². The summed E-state index contributed by atoms with van der Waals surface area (Å²) in [6, 6.07) is 0. The molecule has 0 saturated heterocycles. The zero-order valence-corrected chi connectivity index (χ0v) is 28.1. The molecule has 0 unspecified atom stereocenters. The maximum atomic E-state index is 12.2. The fourth-order valence-electron chi connectivity index (χ4n) is 4.59. The molecule has 0 aromatic carbocycles. The van der Waals surface area contributed by atoms with Crippen molar-refractivity contribution < 1.29 is 15.7 Å². The topological polar surface area (TPSA) is 52.6 Å². The molecule has 0 aliphatic heterocycles. The number of unbranched alkanes of at least 4 members (excludes halogenated alkanes) is 19. The van der Waals surface area contributed by atoms with Crippen LogP contribution >= 0.6 is 0 Å². The molecule has 0 atom stereocenters. The van der Waals surface area contributed by atoms with Crippen molar-refractivity contribution in [1.82, 2.24) is 0 Å². The molecule has 0 aromatic heterocycles. The van der Waals surface area contributed by atoms with E-state index in [-0.39, 0.29) is 11.9 Å². The van der Waals surface area contributed by atoms with Gasteiger partial charge in [0.15, 0.2) is 0 Å². The fourth-order valence-corrected chi connectivity index (χ4v) is 8.42. The zero-order valence-electron chi connectivity index (χ0n) is 25.3. The molecular weight excluding hydrogens is 567 g/mol. The predicted octanol–water partition coefficient (Wildman–Crippen LogP) is 10.7. The normalized spacial score (nSPS) is 11.8. The minimum absolute atomic E-state index is 0.183. The molecule has 0 N–H and O–H groups in total. The molecule has 0 fully saturated rings. The number of hydrogen-bond donors (Lipinski definition) is 0. The molecular formula is C32H62O4Sn. The van der Waals surface area contributed by atoms with Gasteiger partial charge in [0, 0.05) is 0 Å². The Morgan fingerprint density at radius 3 is 1.14 bits per heavy atom. The van der Waals surface area contributed by atoms with Crippen molar-refractivity contribution in [1.29, 1.82) is 0 Å². The summed E-state index contributed by atoms with van der Waals surface area (Å²) in [6.07, 6.45) is 32.7. The number of carbonyl (C=O) groups is 2. The summed E-state index contributed by atoms with van der Waals surface area (Å²) in [5.74, 6) is -0.369. The van der Waals surface area contributed by atoms with Gasteiger partial charge in [0.2, 0.25) is 0 Å². The van der Waals surface area contributed by atoms with Gasteiger partial charge in [0.05, 0.1) is 0 Å². The smallest absolute Gasteiger partial charge is 0.0654 e. The summed E-state index contributed by atoms with van der Waals surface area (Å²) >= 11 is -3.53. The molecule has 0 bridgehead atoms. The Labute approximate surface area is 236 Å². The van der Waals surface area contributed by atoms with Crippen LogP contribution in [0.15, 0.2) is 12.2 Å². The van der Waals surface area contributed by atoms with Crippen LogP contribution in [0.25, 0.3) is 0 Å². The minimum atomic E-state index is -3.53. The van der Waals surface area contributed by atoms with E-state index < -0.39 is 19.2 Å². The van der Waals surface area contributed by atoms with Crippen LogP contribution in [0.2, 0.25) is 9.88 Å². The Morgan fingerprint density at radius 1 is 0.486 bits per heavy atom. The van der Waals surface area contributed by atoms with E-state index in [1.807, 2.05) is 9.88 Å². The summed E-state index contributed by atoms with van der Waals surface area (Å²) in [4.78, 5) is 28.1. The first-order valence-electron chi connectivity index (χ1n) is 16.0. The molecule has 5 heteroatoms. The number of hydrogen-bond acceptors (Lipinski definition) is 4. The average Bonchev–Trinajstić information content (AvgIpc) is 2.84. The maximum absolute atomic E-state index is 12.2. The predicted molar refractivity (Wildman–Crippen MR) is 161 cm³/mol. The van der Waals surface area contributed by atoms with Crippen LogP contribution in [0.3, 0.4) is 0 Å². The van der Waals surface area contributed by atoms with E-state index in [0.29, 0.717) is 12.8 Å². The van der Waals surface area contributed by atoms with Gasteiger partial charge in [-0.15, -0.1) is 0 Å². The Kier molecular flexibility index (Phi) is 26.7. The molecule has 0 rings (SSSR count). The van der Waals surface area contributed by atoms with Crippen LogP contribution in [0.1, 0.15) is 168 Å². The second-order valence-electron chi connectivity index (χ2n) is 11.3. The van der Waals surface area contributed by atoms with Crippen molar-refractivity contribution in [2.45, 2.75) is 178 Å². The molecule has 4 nitrogen and oxygen atoms in total. The molecule has 0 heterocycles. The van der Waals surface area contributed by atoms with Gasteiger partial charge in [-0.25, -0.2) is 0 Å². The van der Waals surface area contributed by atoms with E-state index in [4.69, 9.17) is 6.15 Å². The van der Waals surface area contributed by atoms with Crippen LogP contribution < -0.4 is 0 Å². The first-order chi connectivity index (χ1) is 17.9. The van der Waals surface area contributed by atoms with Crippen LogP contribution in [0, 0.1) is 0 Å². The molecule has 0 amide bonds. The third-order valence-corrected chi connectivity index (χ3v) is 11.0. The van der Waals surface area contributed by atoms with E-state index in [2.05, 4.69) is 26.0 Å². The summed E-state index contributed by atoms with van der Waals surface area (Å²) in [6.45, 7) is 4.51. The van der Waals surface area contributed by atoms with Gasteiger partial charge in [0.1, 0.15) is 0 Å². The van der Waals surface area contributed by atoms with Crippen molar-refractivity contribution in [2.24, 2.45) is 0 Å². The van der Waals surface area contributed by atoms with Gasteiger partial charge in [0.25, 0.3) is 0 Å². The van der Waals surface area contributed by atoms with E-state index >= 15 is 0 Å². The third-order valence-electron chi connectivity index (χ3n) is 6.85. The number of allylic oxidation sites excluding steroid dienone is 2. The van der Waals surface area contributed by atoms with Gasteiger partial charge in [-0.1, -0.05) is 46.0 Å². The Hall–Kier alpha value is -0.521. The molecule has 0 radical (unpaired) electrons. The average molecular weight is 630 g/mol. The first-order valence-corrected chi connectivity index (χ1v) is 24.0. The van der Waals surface area contributed by atoms with Gasteiger partial charge >= 0.3 is 184 Å². The molecule has 218 valence electrons. The van der Waals surface area contributed by atoms with Crippen molar-refractivity contribution in [3.63, 3.8) is 0 Å². The first kappa shape index (κ1) is 36.5. The quantitative estimate of drug-likeness (QED) is 0.0516. The van der Waals surface area contributed by atoms with E-state index in [1.165, 1.54) is 116 Å². The van der Waals surface area contributed by atoms with Crippen LogP contribution in [-0.4, -0.2) is 31.1 Å². The molecule has 0 aromatic rings. The summed E-state index contributed by atoms with van der Waals surface area (Å²) in [5, 5.41) is 0. The molecule has 37 heavy (non-hydrogen) atoms. The number of rotatable bonds is 27. The monoisotopic (exact) mass is 630 g/mol. The van der Waals surface area contributed by atoms with Gasteiger partial charge in [-0.3, -0.25) is 0 Å². The van der Waals surface area contributed by atoms with Crippen molar-refractivity contribution in [3.8, 4) is 0 Å². The van der Waals surface area contributed by atoms with Gasteiger partial charge < -0.3 is 0 Å². The summed E-state index contributed by atoms with van der Waals surface area (Å²) in [7, 11) is 0. The van der Waals surface area contributed by atoms with Crippen LogP contribution in [0.5, 0.6) is 0 Å². The second-order valence-corrected chi connectivity index (χ2v) is 20.4. The van der Waals surface area contributed by atoms with Gasteiger partial charge in [-0.2, -0.15) is 0 Å². The SMILES string of the molecule is CCCCCCCC/C=C\CCCCCCCC(=O)[O][Sn]([CH3])([CH3])[O]C(=O)CCCCCCCCCCC. The minimum Gasteiger partial charge on any atom is -0.0654 e. The molecule has 0 aliphatic rings. The summed E-state index contributed by atoms with van der Waals surface area (Å²) < 4.78 is 11.3. The van der Waals surface area contributed by atoms with Crippen molar-refractivity contribution in [3.05, 3.63) is 12.2 Å². The van der Waals surface area contributed by atoms with E-state index in [1.54, 1.807) is 0 Å². The van der Waals surface area contributed by atoms with Gasteiger partial charge in [-0.05, 0) is 6.42 Å². The third kappa shape index (κ3) is 28.3. The Balaban J connectivity index is 3.62. The van der Waals surface area contributed by atoms with E-state index in [9.17, 15) is 9.59 Å². The molecule has 0 saturated carbocycles. The Bertz CT molecular complexity index is 559. The molecule has 0 spiro atoms. The standard InChI is InChI=1S/C18H34O2.C12H24O2.2CH3.Sn/c1-2-3-4-5-6-7-8-9-10-11-12-13-14-15-16-17-18(19)20;1-2-3-4-5-6-7-8-9-10-11-12(13)14;;;/h9-10H,2-8,11-17H2,1H3,(H,19,20);2-11H2,1H3,(H,13,14);2*1H3;/q;;;;+2/p-2/b10-9-;;;;. The number of carbonyl (C=O) groups excluding carboxylic acids is 2. The van der Waals surface area contributed by atoms with E-state index in [0.717, 1.165) is 25.7 Å². The molecule has 0 aliphatic carbocycles. The Morgan fingerprint density at radius 2 is 0.784 bits per heavy atom. The zero-order chi connectivity index (χ0) is 27.5. The second kappa shape index (κ2) is 27.1.